The fourth-order valence-electron chi connectivity index (χ4n) is 6.18. The second kappa shape index (κ2) is 37.3. The average molecular weight is 1330 g/mol. The number of rotatable bonds is 8. The summed E-state index contributed by atoms with van der Waals surface area (Å²) in [4.78, 5) is 44.6. The molecule has 8 aromatic rings. The molecule has 0 saturated heterocycles. The molecule has 4 N–H and O–H groups in total. The van der Waals surface area contributed by atoms with Crippen molar-refractivity contribution in [1.29, 1.82) is 15.8 Å². The second-order valence-electron chi connectivity index (χ2n) is 15.4. The molecule has 3 heterocycles. The molecule has 14 nitrogen and oxygen atoms in total. The number of nitrogens with two attached hydrogens (primary N) is 2. The van der Waals surface area contributed by atoms with E-state index in [1.165, 1.54) is 6.92 Å². The Morgan fingerprint density at radius 1 is 0.579 bits per heavy atom. The number of carbonyl (C=O) groups excluding carboxylic acids is 3. The zero-order chi connectivity index (χ0) is 56.8. The molecule has 390 valence electrons. The molecule has 0 fully saturated rings. The zero-order valence-corrected chi connectivity index (χ0v) is 52.9. The van der Waals surface area contributed by atoms with Gasteiger partial charge in [0.2, 0.25) is 5.91 Å². The van der Waals surface area contributed by atoms with E-state index in [0.29, 0.717) is 36.2 Å². The maximum absolute atomic E-state index is 11.4. The third-order valence-electron chi connectivity index (χ3n) is 9.56. The summed E-state index contributed by atoms with van der Waals surface area (Å²) >= 11 is 13.2. The Kier molecular flexibility index (Phi) is 34.1. The Balaban J connectivity index is 0.000000894. The molecule has 0 aliphatic rings. The van der Waals surface area contributed by atoms with E-state index in [4.69, 9.17) is 47.9 Å². The molecule has 0 radical (unpaired) electrons. The number of nitriles is 1. The minimum atomic E-state index is -0.333. The molecule has 1 unspecified atom stereocenters. The van der Waals surface area contributed by atoms with E-state index in [2.05, 4.69) is 90.5 Å². The molecule has 0 aliphatic carbocycles. The van der Waals surface area contributed by atoms with Crippen LogP contribution in [0.1, 0.15) is 94.0 Å². The molecule has 19 heteroatoms. The molecular weight excluding hydrogens is 1280 g/mol. The van der Waals surface area contributed by atoms with Gasteiger partial charge in [-0.1, -0.05) is 143 Å². The van der Waals surface area contributed by atoms with Crippen LogP contribution in [0.25, 0.3) is 33.8 Å². The van der Waals surface area contributed by atoms with Crippen molar-refractivity contribution in [1.82, 2.24) is 15.0 Å². The second-order valence-corrected chi connectivity index (χ2v) is 19.5. The molecule has 0 bridgehead atoms. The van der Waals surface area contributed by atoms with Crippen LogP contribution >= 0.6 is 63.7 Å². The van der Waals surface area contributed by atoms with Crippen LogP contribution in [0.4, 0.5) is 0 Å². The van der Waals surface area contributed by atoms with Gasteiger partial charge in [0, 0.05) is 81.9 Å². The summed E-state index contributed by atoms with van der Waals surface area (Å²) in [7, 11) is 0. The Hall–Kier alpha value is -6.49. The van der Waals surface area contributed by atoms with Crippen molar-refractivity contribution in [3.8, 4) is 39.8 Å². The Morgan fingerprint density at radius 3 is 1.13 bits per heavy atom. The summed E-state index contributed by atoms with van der Waals surface area (Å²) in [6, 6.07) is 40.3. The van der Waals surface area contributed by atoms with Crippen molar-refractivity contribution >= 4 is 81.2 Å². The van der Waals surface area contributed by atoms with Crippen LogP contribution in [-0.2, 0) is 30.8 Å². The van der Waals surface area contributed by atoms with Gasteiger partial charge in [-0.25, -0.2) is 15.0 Å². The Morgan fingerprint density at radius 2 is 0.868 bits per heavy atom. The molecule has 5 aromatic carbocycles. The first kappa shape index (κ1) is 69.5. The zero-order valence-electron chi connectivity index (χ0n) is 43.5. The van der Waals surface area contributed by atoms with E-state index in [9.17, 15) is 14.4 Å². The number of primary amides is 1. The summed E-state index contributed by atoms with van der Waals surface area (Å²) in [6.45, 7) is 26.3. The largest absolute Gasteiger partial charge is 2.00 e. The Labute approximate surface area is 491 Å². The number of hydrogen-bond donors (Lipinski definition) is 2. The third kappa shape index (κ3) is 24.9. The van der Waals surface area contributed by atoms with Crippen molar-refractivity contribution in [3.05, 3.63) is 205 Å². The van der Waals surface area contributed by atoms with Crippen molar-refractivity contribution in [3.63, 3.8) is 0 Å². The van der Waals surface area contributed by atoms with Gasteiger partial charge in [0.25, 0.3) is 0 Å². The first-order valence-corrected chi connectivity index (χ1v) is 25.8. The van der Waals surface area contributed by atoms with Gasteiger partial charge in [-0.3, -0.25) is 14.4 Å². The summed E-state index contributed by atoms with van der Waals surface area (Å²) in [5.41, 5.74) is 19.1. The topological polar surface area (TPSA) is 253 Å². The Bertz CT molecular complexity index is 3080. The third-order valence-corrected chi connectivity index (χ3v) is 11.6. The van der Waals surface area contributed by atoms with E-state index in [0.717, 1.165) is 81.2 Å². The summed E-state index contributed by atoms with van der Waals surface area (Å²) < 4.78 is 19.2. The molecular formula is C57H56Br4N8O6Zn. The number of aromatic nitrogens is 3. The van der Waals surface area contributed by atoms with Crippen LogP contribution in [0.5, 0.6) is 0 Å². The quantitative estimate of drug-likeness (QED) is 0.0622. The van der Waals surface area contributed by atoms with Gasteiger partial charge in [-0.05, 0) is 81.8 Å². The van der Waals surface area contributed by atoms with Gasteiger partial charge < -0.3 is 48.4 Å². The van der Waals surface area contributed by atoms with Crippen LogP contribution in [0.3, 0.4) is 0 Å². The number of oxazole rings is 3. The molecule has 1 atom stereocenters. The fourth-order valence-corrected chi connectivity index (χ4v) is 7.24. The number of Topliss-reactive ketones (excluding diaryl/α,β-unsaturated/α-hetero) is 2. The van der Waals surface area contributed by atoms with E-state index in [-0.39, 0.29) is 41.8 Å². The van der Waals surface area contributed by atoms with Gasteiger partial charge >= 0.3 is 19.5 Å². The van der Waals surface area contributed by atoms with E-state index in [1.54, 1.807) is 12.1 Å². The smallest absolute Gasteiger partial charge is 0.512 e. The van der Waals surface area contributed by atoms with Crippen LogP contribution in [0.15, 0.2) is 148 Å². The molecule has 8 rings (SSSR count). The van der Waals surface area contributed by atoms with E-state index < -0.39 is 0 Å². The normalized spacial score (nSPS) is 9.75. The summed E-state index contributed by atoms with van der Waals surface area (Å²) in [5, 5.41) is 21.2. The van der Waals surface area contributed by atoms with E-state index in [1.807, 2.05) is 165 Å². The predicted octanol–water partition coefficient (Wildman–Crippen LogP) is 15.1. The van der Waals surface area contributed by atoms with Crippen molar-refractivity contribution in [2.24, 2.45) is 11.5 Å². The van der Waals surface area contributed by atoms with Gasteiger partial charge in [-0.2, -0.15) is 5.26 Å². The number of alkyl halides is 1. The molecule has 0 spiro atoms. The van der Waals surface area contributed by atoms with Crippen molar-refractivity contribution < 1.29 is 47.1 Å². The number of benzene rings is 5. The SMILES string of the molecule is CC(Br)C(=O)c1ccc(Br)cc1.CC(N)=O.CCC(=O)c1ccc(Br)cc1.Cc1nc(-c2ccc(Br)cc2)c(C)o1.Cc1nc(-c2ccc(C#N)cc2)c(C)o1.Cc1nc(-c2ccc(CN)cc2)c(C)o1.[C-]#N.[C-]#N.[Zn+2]. The van der Waals surface area contributed by atoms with Gasteiger partial charge in [-0.15, -0.1) is 0 Å². The monoisotopic (exact) mass is 1330 g/mol. The van der Waals surface area contributed by atoms with Gasteiger partial charge in [0.1, 0.15) is 34.4 Å². The first-order valence-electron chi connectivity index (χ1n) is 22.5. The van der Waals surface area contributed by atoms with Crippen LogP contribution in [0, 0.1) is 76.5 Å². The summed E-state index contributed by atoms with van der Waals surface area (Å²) in [6.07, 6.45) is 0.571. The number of amides is 1. The summed E-state index contributed by atoms with van der Waals surface area (Å²) in [5.74, 6) is 4.56. The predicted molar refractivity (Wildman–Crippen MR) is 305 cm³/mol. The molecule has 1 amide bonds. The minimum absolute atomic E-state index is 0. The van der Waals surface area contributed by atoms with Gasteiger partial charge in [0.15, 0.2) is 29.2 Å². The number of carbonyl (C=O) groups is 3. The number of ketones is 2. The minimum Gasteiger partial charge on any atom is -0.512 e. The first-order chi connectivity index (χ1) is 35.6. The standard InChI is InChI=1S/C12H14N2O.C12H10N2O.C11H10BrNO.C9H8Br2O.C9H9BrO.C2H5NO.2CN.Zn/c2*1-8-12(14-9(2)15-8)11-5-3-10(7-13)4-6-11;1-7-11(13-8(2)14-7)9-3-5-10(12)6-4-9;1-6(10)9(12)7-2-4-8(11)5-3-7;1-2-9(11)7-3-5-8(10)6-4-7;1-2(3)4;2*1-2;/h3-6H,7,13H2,1-2H3;3-6H,1-2H3;3-6H,1-2H3;2-6H,1H3;3-6H,2H2,1H3;1H3,(H2,3,4);;;/q;;;;;;2*-1;+2. The van der Waals surface area contributed by atoms with Crippen molar-refractivity contribution in [2.45, 2.75) is 80.1 Å². The molecule has 76 heavy (non-hydrogen) atoms. The fraction of sp³-hybridized carbons (Fsp3) is 0.211. The number of nitrogens with zero attached hydrogens (tertiary/aromatic N) is 6. The van der Waals surface area contributed by atoms with Gasteiger partial charge in [0.05, 0.1) is 16.5 Å². The maximum atomic E-state index is 11.4. The number of halogens is 4. The average Bonchev–Trinajstić information content (AvgIpc) is 4.07. The van der Waals surface area contributed by atoms with Crippen molar-refractivity contribution in [2.75, 3.05) is 0 Å². The van der Waals surface area contributed by atoms with Crippen LogP contribution in [0.2, 0.25) is 0 Å². The number of aryl methyl sites for hydroxylation is 6. The molecule has 0 saturated carbocycles. The van der Waals surface area contributed by atoms with E-state index >= 15 is 0 Å². The van der Waals surface area contributed by atoms with Crippen LogP contribution in [-0.4, -0.2) is 37.3 Å². The maximum Gasteiger partial charge on any atom is 2.00 e. The molecule has 3 aromatic heterocycles. The van der Waals surface area contributed by atoms with Crippen LogP contribution < -0.4 is 11.5 Å². The number of hydrogen-bond acceptors (Lipinski definition) is 13. The molecule has 0 aliphatic heterocycles.